The third-order valence-electron chi connectivity index (χ3n) is 5.08. The predicted octanol–water partition coefficient (Wildman–Crippen LogP) is 2.86. The van der Waals surface area contributed by atoms with E-state index < -0.39 is 0 Å². The van der Waals surface area contributed by atoms with Gasteiger partial charge in [0.2, 0.25) is 0 Å². The van der Waals surface area contributed by atoms with Crippen molar-refractivity contribution < 1.29 is 5.11 Å². The minimum atomic E-state index is -0.166. The molecule has 5 nitrogen and oxygen atoms in total. The first-order valence-corrected chi connectivity index (χ1v) is 9.19. The summed E-state index contributed by atoms with van der Waals surface area (Å²) in [7, 11) is 1.80. The summed E-state index contributed by atoms with van der Waals surface area (Å²) in [6.45, 7) is 2.73. The van der Waals surface area contributed by atoms with Crippen molar-refractivity contribution in [2.45, 2.75) is 37.8 Å². The average Bonchev–Trinajstić information content (AvgIpc) is 3.20. The number of nitrogens with one attached hydrogen (secondary N) is 2. The first kappa shape index (κ1) is 20.6. The van der Waals surface area contributed by atoms with Gasteiger partial charge in [-0.2, -0.15) is 0 Å². The Morgan fingerprint density at radius 1 is 1.36 bits per heavy atom. The van der Waals surface area contributed by atoms with E-state index in [9.17, 15) is 5.11 Å². The monoisotopic (exact) mass is 478 g/mol. The molecule has 2 fully saturated rings. The average molecular weight is 479 g/mol. The van der Waals surface area contributed by atoms with E-state index in [0.29, 0.717) is 12.0 Å². The van der Waals surface area contributed by atoms with Crippen molar-refractivity contribution in [1.82, 2.24) is 10.6 Å². The molecule has 1 heterocycles. The van der Waals surface area contributed by atoms with E-state index in [2.05, 4.69) is 26.6 Å². The van der Waals surface area contributed by atoms with Crippen LogP contribution in [0.15, 0.2) is 29.3 Å². The Hall–Kier alpha value is -0.730. The van der Waals surface area contributed by atoms with Gasteiger partial charge < -0.3 is 20.6 Å². The smallest absolute Gasteiger partial charge is 0.191 e. The molecule has 25 heavy (non-hydrogen) atoms. The van der Waals surface area contributed by atoms with Gasteiger partial charge in [0.1, 0.15) is 0 Å². The van der Waals surface area contributed by atoms with Crippen molar-refractivity contribution in [3.05, 3.63) is 29.3 Å². The van der Waals surface area contributed by atoms with E-state index in [1.54, 1.807) is 7.05 Å². The molecule has 3 atom stereocenters. The minimum absolute atomic E-state index is 0. The highest BCUT2D eigenvalue weighted by molar-refractivity contribution is 14.0. The number of hydrogen-bond donors (Lipinski definition) is 3. The van der Waals surface area contributed by atoms with Gasteiger partial charge in [0.05, 0.1) is 6.10 Å². The minimum Gasteiger partial charge on any atom is -0.393 e. The summed E-state index contributed by atoms with van der Waals surface area (Å²) in [5.41, 5.74) is 1.17. The highest BCUT2D eigenvalue weighted by Crippen LogP contribution is 2.25. The van der Waals surface area contributed by atoms with Gasteiger partial charge in [-0.15, -0.1) is 24.0 Å². The summed E-state index contributed by atoms with van der Waals surface area (Å²) in [4.78, 5) is 6.67. The number of nitrogens with zero attached hydrogens (tertiary/aromatic N) is 2. The molecule has 0 spiro atoms. The maximum atomic E-state index is 9.92. The Morgan fingerprint density at radius 2 is 2.20 bits per heavy atom. The number of rotatable bonds is 4. The standard InChI is InChI=1S/C18H27ClN4O.HI/c1-20-18(21-11-13-4-2-7-17(13)24)22-15-8-9-23(12-15)16-6-3-5-14(19)10-16;/h3,5-6,10,13,15,17,24H,2,4,7-9,11-12H2,1H3,(H2,20,21,22);1H. The topological polar surface area (TPSA) is 59.9 Å². The van der Waals surface area contributed by atoms with Gasteiger partial charge in [0.25, 0.3) is 0 Å². The van der Waals surface area contributed by atoms with Crippen LogP contribution in [0, 0.1) is 5.92 Å². The first-order chi connectivity index (χ1) is 11.7. The fourth-order valence-corrected chi connectivity index (χ4v) is 3.84. The lowest BCUT2D eigenvalue weighted by atomic mass is 10.1. The Labute approximate surface area is 172 Å². The molecule has 140 valence electrons. The lowest BCUT2D eigenvalue weighted by Gasteiger charge is -2.22. The molecule has 0 bridgehead atoms. The van der Waals surface area contributed by atoms with Gasteiger partial charge in [0.15, 0.2) is 5.96 Å². The molecule has 1 aliphatic heterocycles. The van der Waals surface area contributed by atoms with Gasteiger partial charge in [-0.1, -0.05) is 24.1 Å². The number of halogens is 2. The van der Waals surface area contributed by atoms with Crippen molar-refractivity contribution in [2.75, 3.05) is 31.6 Å². The molecule has 3 N–H and O–H groups in total. The first-order valence-electron chi connectivity index (χ1n) is 8.81. The maximum absolute atomic E-state index is 9.92. The number of aliphatic imine (C=N–C) groups is 1. The Balaban J connectivity index is 0.00000225. The summed E-state index contributed by atoms with van der Waals surface area (Å²) < 4.78 is 0. The van der Waals surface area contributed by atoms with Crippen LogP contribution in [0.5, 0.6) is 0 Å². The Kier molecular flexibility index (Phi) is 8.09. The highest BCUT2D eigenvalue weighted by Gasteiger charge is 2.26. The molecule has 7 heteroatoms. The third-order valence-corrected chi connectivity index (χ3v) is 5.31. The second kappa shape index (κ2) is 9.83. The quantitative estimate of drug-likeness (QED) is 0.354. The zero-order valence-electron chi connectivity index (χ0n) is 14.6. The largest absolute Gasteiger partial charge is 0.393 e. The van der Waals surface area contributed by atoms with Crippen LogP contribution in [0.1, 0.15) is 25.7 Å². The summed E-state index contributed by atoms with van der Waals surface area (Å²) in [5.74, 6) is 1.17. The molecule has 1 saturated carbocycles. The predicted molar refractivity (Wildman–Crippen MR) is 115 cm³/mol. The van der Waals surface area contributed by atoms with Crippen molar-refractivity contribution >= 4 is 47.2 Å². The third kappa shape index (κ3) is 5.62. The molecule has 1 aromatic carbocycles. The van der Waals surface area contributed by atoms with Crippen molar-refractivity contribution in [3.8, 4) is 0 Å². The molecule has 1 aromatic rings. The van der Waals surface area contributed by atoms with E-state index in [0.717, 1.165) is 56.3 Å². The van der Waals surface area contributed by atoms with Gasteiger partial charge in [-0.3, -0.25) is 4.99 Å². The van der Waals surface area contributed by atoms with Crippen LogP contribution in [0.3, 0.4) is 0 Å². The molecule has 3 rings (SSSR count). The van der Waals surface area contributed by atoms with Crippen molar-refractivity contribution in [2.24, 2.45) is 10.9 Å². The highest BCUT2D eigenvalue weighted by atomic mass is 127. The van der Waals surface area contributed by atoms with Gasteiger partial charge >= 0.3 is 0 Å². The lowest BCUT2D eigenvalue weighted by molar-refractivity contribution is 0.134. The second-order valence-corrected chi connectivity index (χ2v) is 7.20. The Bertz CT molecular complexity index is 586. The molecule has 0 radical (unpaired) electrons. The van der Waals surface area contributed by atoms with E-state index in [-0.39, 0.29) is 30.1 Å². The number of hydrogen-bond acceptors (Lipinski definition) is 3. The number of anilines is 1. The normalized spacial score (nSPS) is 26.4. The van der Waals surface area contributed by atoms with Crippen LogP contribution in [-0.4, -0.2) is 49.9 Å². The SMILES string of the molecule is CN=C(NCC1CCCC1O)NC1CCN(c2cccc(Cl)c2)C1.I. The summed E-state index contributed by atoms with van der Waals surface area (Å²) in [5, 5.41) is 17.6. The van der Waals surface area contributed by atoms with Crippen LogP contribution in [0.25, 0.3) is 0 Å². The molecule has 0 amide bonds. The van der Waals surface area contributed by atoms with Gasteiger partial charge in [-0.25, -0.2) is 0 Å². The van der Waals surface area contributed by atoms with Crippen LogP contribution < -0.4 is 15.5 Å². The summed E-state index contributed by atoms with van der Waals surface area (Å²) in [6.07, 6.45) is 4.04. The van der Waals surface area contributed by atoms with Crippen molar-refractivity contribution in [1.29, 1.82) is 0 Å². The van der Waals surface area contributed by atoms with Gasteiger partial charge in [-0.05, 0) is 37.5 Å². The number of aliphatic hydroxyl groups is 1. The number of aliphatic hydroxyl groups excluding tert-OH is 1. The van der Waals surface area contributed by atoms with Gasteiger partial charge in [0, 0.05) is 49.4 Å². The van der Waals surface area contributed by atoms with E-state index in [4.69, 9.17) is 11.6 Å². The summed E-state index contributed by atoms with van der Waals surface area (Å²) >= 11 is 6.09. The van der Waals surface area contributed by atoms with Crippen molar-refractivity contribution in [3.63, 3.8) is 0 Å². The summed E-state index contributed by atoms with van der Waals surface area (Å²) in [6, 6.07) is 8.37. The fourth-order valence-electron chi connectivity index (χ4n) is 3.66. The zero-order valence-corrected chi connectivity index (χ0v) is 17.7. The van der Waals surface area contributed by atoms with E-state index in [1.165, 1.54) is 5.69 Å². The fraction of sp³-hybridized carbons (Fsp3) is 0.611. The van der Waals surface area contributed by atoms with Crippen LogP contribution in [0.2, 0.25) is 5.02 Å². The van der Waals surface area contributed by atoms with Crippen LogP contribution in [0.4, 0.5) is 5.69 Å². The molecule has 3 unspecified atom stereocenters. The zero-order chi connectivity index (χ0) is 16.9. The molecular formula is C18H28ClIN4O. The van der Waals surface area contributed by atoms with Crippen LogP contribution in [-0.2, 0) is 0 Å². The van der Waals surface area contributed by atoms with E-state index >= 15 is 0 Å². The van der Waals surface area contributed by atoms with Crippen LogP contribution >= 0.6 is 35.6 Å². The molecule has 2 aliphatic rings. The molecule has 1 aliphatic carbocycles. The Morgan fingerprint density at radius 3 is 2.88 bits per heavy atom. The van der Waals surface area contributed by atoms with E-state index in [1.807, 2.05) is 18.2 Å². The molecule has 1 saturated heterocycles. The lowest BCUT2D eigenvalue weighted by Crippen LogP contribution is -2.46. The maximum Gasteiger partial charge on any atom is 0.191 e. The number of benzene rings is 1. The number of guanidine groups is 1. The molecular weight excluding hydrogens is 451 g/mol. The molecule has 0 aromatic heterocycles. The second-order valence-electron chi connectivity index (χ2n) is 6.77.